The molecule has 0 atom stereocenters. The van der Waals surface area contributed by atoms with E-state index < -0.39 is 0 Å². The number of ether oxygens (including phenoxy) is 1. The molecule has 6 heteroatoms. The summed E-state index contributed by atoms with van der Waals surface area (Å²) in [4.78, 5) is 17.4. The van der Waals surface area contributed by atoms with Crippen molar-refractivity contribution >= 4 is 57.0 Å². The second-order valence-corrected chi connectivity index (χ2v) is 7.27. The van der Waals surface area contributed by atoms with Gasteiger partial charge in [0.2, 0.25) is 0 Å². The predicted octanol–water partition coefficient (Wildman–Crippen LogP) is 5.39. The Morgan fingerprint density at radius 2 is 1.85 bits per heavy atom. The maximum Gasteiger partial charge on any atom is 0.264 e. The number of nitrogens with zero attached hydrogens (tertiary/aromatic N) is 1. The number of hydrogen-bond acceptors (Lipinski definition) is 4. The molecule has 0 aromatic heterocycles. The molecule has 134 valence electrons. The van der Waals surface area contributed by atoms with E-state index in [0.717, 1.165) is 16.3 Å². The van der Waals surface area contributed by atoms with Crippen molar-refractivity contribution in [1.82, 2.24) is 5.32 Å². The zero-order valence-electron chi connectivity index (χ0n) is 14.4. The molecule has 4 nitrogen and oxygen atoms in total. The molecule has 1 amide bonds. The molecule has 1 N–H and O–H groups in total. The summed E-state index contributed by atoms with van der Waals surface area (Å²) >= 11 is 7.43. The Morgan fingerprint density at radius 3 is 2.67 bits per heavy atom. The Balaban J connectivity index is 1.74. The number of nitrogens with one attached hydrogen (secondary N) is 1. The van der Waals surface area contributed by atoms with Gasteiger partial charge in [-0.05, 0) is 46.8 Å². The van der Waals surface area contributed by atoms with Crippen LogP contribution >= 0.6 is 23.4 Å². The van der Waals surface area contributed by atoms with Gasteiger partial charge in [-0.1, -0.05) is 54.1 Å². The predicted molar refractivity (Wildman–Crippen MR) is 113 cm³/mol. The minimum atomic E-state index is -0.194. The van der Waals surface area contributed by atoms with Crippen LogP contribution in [0.1, 0.15) is 5.56 Å². The standard InChI is InChI=1S/C21H15ClN2O2S/c1-26-18-11-10-13-6-2-3-7-14(13)15(18)12-19-20(25)24-21(27-19)23-17-9-5-4-8-16(17)22/h2-12H,1H3,(H,23,24,25)/b19-12-. The van der Waals surface area contributed by atoms with Gasteiger partial charge in [-0.2, -0.15) is 0 Å². The fourth-order valence-electron chi connectivity index (χ4n) is 2.87. The van der Waals surface area contributed by atoms with Crippen LogP contribution in [0.15, 0.2) is 70.6 Å². The molecule has 0 unspecified atom stereocenters. The van der Waals surface area contributed by atoms with Crippen LogP contribution in [0.25, 0.3) is 16.8 Å². The molecular weight excluding hydrogens is 380 g/mol. The Kier molecular flexibility index (Phi) is 4.88. The fourth-order valence-corrected chi connectivity index (χ4v) is 3.86. The van der Waals surface area contributed by atoms with Gasteiger partial charge >= 0.3 is 0 Å². The summed E-state index contributed by atoms with van der Waals surface area (Å²) in [5.74, 6) is 0.520. The van der Waals surface area contributed by atoms with Gasteiger partial charge in [-0.15, -0.1) is 0 Å². The van der Waals surface area contributed by atoms with Gasteiger partial charge in [0.15, 0.2) is 5.17 Å². The third-order valence-electron chi connectivity index (χ3n) is 4.15. The first-order valence-electron chi connectivity index (χ1n) is 8.25. The van der Waals surface area contributed by atoms with E-state index >= 15 is 0 Å². The number of amides is 1. The van der Waals surface area contributed by atoms with Crippen LogP contribution in [-0.2, 0) is 4.79 Å². The van der Waals surface area contributed by atoms with E-state index in [9.17, 15) is 4.79 Å². The van der Waals surface area contributed by atoms with Gasteiger partial charge in [0, 0.05) is 5.56 Å². The van der Waals surface area contributed by atoms with E-state index in [-0.39, 0.29) is 5.91 Å². The number of fused-ring (bicyclic) bond motifs is 1. The van der Waals surface area contributed by atoms with Crippen LogP contribution < -0.4 is 10.1 Å². The monoisotopic (exact) mass is 394 g/mol. The molecule has 3 aromatic rings. The lowest BCUT2D eigenvalue weighted by Gasteiger charge is -2.09. The summed E-state index contributed by atoms with van der Waals surface area (Å²) < 4.78 is 5.50. The highest BCUT2D eigenvalue weighted by molar-refractivity contribution is 8.18. The Labute approximate surface area is 165 Å². The Hall–Kier alpha value is -2.76. The second-order valence-electron chi connectivity index (χ2n) is 5.84. The van der Waals surface area contributed by atoms with Gasteiger partial charge in [0.25, 0.3) is 5.91 Å². The van der Waals surface area contributed by atoms with Crippen molar-refractivity contribution in [2.75, 3.05) is 7.11 Å². The lowest BCUT2D eigenvalue weighted by molar-refractivity contribution is -0.115. The third-order valence-corrected chi connectivity index (χ3v) is 5.38. The molecule has 1 fully saturated rings. The van der Waals surface area contributed by atoms with Gasteiger partial charge in [0.1, 0.15) is 5.75 Å². The number of para-hydroxylation sites is 1. The van der Waals surface area contributed by atoms with Crippen LogP contribution in [-0.4, -0.2) is 18.2 Å². The van der Waals surface area contributed by atoms with E-state index in [4.69, 9.17) is 16.3 Å². The largest absolute Gasteiger partial charge is 0.496 e. The Morgan fingerprint density at radius 1 is 1.07 bits per heavy atom. The first-order chi connectivity index (χ1) is 13.2. The number of carbonyl (C=O) groups excluding carboxylic acids is 1. The maximum absolute atomic E-state index is 12.4. The normalized spacial score (nSPS) is 16.9. The van der Waals surface area contributed by atoms with Crippen molar-refractivity contribution in [3.63, 3.8) is 0 Å². The summed E-state index contributed by atoms with van der Waals surface area (Å²) in [6.45, 7) is 0. The fraction of sp³-hybridized carbons (Fsp3) is 0.0476. The number of methoxy groups -OCH3 is 1. The zero-order chi connectivity index (χ0) is 18.8. The van der Waals surface area contributed by atoms with Crippen LogP contribution in [0, 0.1) is 0 Å². The molecule has 0 saturated carbocycles. The number of halogens is 1. The molecule has 1 aliphatic rings. The highest BCUT2D eigenvalue weighted by Gasteiger charge is 2.25. The molecule has 0 radical (unpaired) electrons. The molecule has 1 heterocycles. The number of amidine groups is 1. The number of carbonyl (C=O) groups is 1. The zero-order valence-corrected chi connectivity index (χ0v) is 16.0. The topological polar surface area (TPSA) is 50.7 Å². The molecule has 4 rings (SSSR count). The minimum absolute atomic E-state index is 0.194. The molecule has 0 spiro atoms. The third kappa shape index (κ3) is 3.56. The first-order valence-corrected chi connectivity index (χ1v) is 9.45. The number of thioether (sulfide) groups is 1. The van der Waals surface area contributed by atoms with E-state index in [1.165, 1.54) is 11.8 Å². The van der Waals surface area contributed by atoms with E-state index in [2.05, 4.69) is 10.3 Å². The number of aliphatic imine (C=N–C) groups is 1. The van der Waals surface area contributed by atoms with Crippen LogP contribution in [0.5, 0.6) is 5.75 Å². The van der Waals surface area contributed by atoms with Crippen molar-refractivity contribution in [3.8, 4) is 5.75 Å². The van der Waals surface area contributed by atoms with Crippen molar-refractivity contribution < 1.29 is 9.53 Å². The minimum Gasteiger partial charge on any atom is -0.496 e. The van der Waals surface area contributed by atoms with Crippen LogP contribution in [0.3, 0.4) is 0 Å². The SMILES string of the molecule is COc1ccc2ccccc2c1/C=C1\SC(=Nc2ccccc2Cl)NC1=O. The highest BCUT2D eigenvalue weighted by Crippen LogP contribution is 2.35. The summed E-state index contributed by atoms with van der Waals surface area (Å²) in [5.41, 5.74) is 1.48. The van der Waals surface area contributed by atoms with Gasteiger partial charge in [-0.3, -0.25) is 4.79 Å². The van der Waals surface area contributed by atoms with Crippen molar-refractivity contribution in [1.29, 1.82) is 0 Å². The number of hydrogen-bond donors (Lipinski definition) is 1. The molecule has 1 saturated heterocycles. The number of rotatable bonds is 3. The van der Waals surface area contributed by atoms with E-state index in [1.807, 2.05) is 54.6 Å². The summed E-state index contributed by atoms with van der Waals surface area (Å²) in [7, 11) is 1.62. The van der Waals surface area contributed by atoms with E-state index in [0.29, 0.717) is 26.5 Å². The van der Waals surface area contributed by atoms with Crippen molar-refractivity contribution in [3.05, 3.63) is 76.2 Å². The maximum atomic E-state index is 12.4. The quantitative estimate of drug-likeness (QED) is 0.605. The lowest BCUT2D eigenvalue weighted by Crippen LogP contribution is -2.19. The van der Waals surface area contributed by atoms with Gasteiger partial charge in [-0.25, -0.2) is 4.99 Å². The summed E-state index contributed by atoms with van der Waals surface area (Å²) in [6.07, 6.45) is 1.84. The summed E-state index contributed by atoms with van der Waals surface area (Å²) in [6, 6.07) is 19.2. The lowest BCUT2D eigenvalue weighted by atomic mass is 10.0. The molecule has 0 bridgehead atoms. The molecule has 27 heavy (non-hydrogen) atoms. The molecular formula is C21H15ClN2O2S. The van der Waals surface area contributed by atoms with Gasteiger partial charge < -0.3 is 10.1 Å². The first kappa shape index (κ1) is 17.6. The molecule has 0 aliphatic carbocycles. The molecule has 1 aliphatic heterocycles. The van der Waals surface area contributed by atoms with Gasteiger partial charge in [0.05, 0.1) is 22.7 Å². The van der Waals surface area contributed by atoms with Crippen molar-refractivity contribution in [2.45, 2.75) is 0 Å². The van der Waals surface area contributed by atoms with Crippen LogP contribution in [0.4, 0.5) is 5.69 Å². The highest BCUT2D eigenvalue weighted by atomic mass is 35.5. The summed E-state index contributed by atoms with van der Waals surface area (Å²) in [5, 5.41) is 5.93. The van der Waals surface area contributed by atoms with Crippen LogP contribution in [0.2, 0.25) is 5.02 Å². The second kappa shape index (κ2) is 7.47. The smallest absolute Gasteiger partial charge is 0.264 e. The average Bonchev–Trinajstić information content (AvgIpc) is 3.03. The van der Waals surface area contributed by atoms with E-state index in [1.54, 1.807) is 19.2 Å². The average molecular weight is 395 g/mol. The Bertz CT molecular complexity index is 1110. The molecule has 3 aromatic carbocycles. The number of benzene rings is 3. The van der Waals surface area contributed by atoms with Crippen molar-refractivity contribution in [2.24, 2.45) is 4.99 Å².